The molecule has 8 nitrogen and oxygen atoms in total. The minimum atomic E-state index is -3.70. The number of carbonyl (C=O) groups is 1. The standard InChI is InChI=1S/C19H20FN5O3S/c1-2-18(26)22-15-7-9-16(10-8-15)29(27,28)21-12-11-17-23-19(25-24-17)13-3-5-14(20)6-4-13/h3-10,21H,2,11-12H2,1H3,(H,22,26)(H,23,24,25). The lowest BCUT2D eigenvalue weighted by molar-refractivity contribution is -0.115. The van der Waals surface area contributed by atoms with Gasteiger partial charge in [-0.3, -0.25) is 9.89 Å². The number of rotatable bonds is 8. The predicted octanol–water partition coefficient (Wildman–Crippen LogP) is 2.48. The summed E-state index contributed by atoms with van der Waals surface area (Å²) in [6.45, 7) is 1.85. The fourth-order valence-corrected chi connectivity index (χ4v) is 3.52. The van der Waals surface area contributed by atoms with Crippen molar-refractivity contribution >= 4 is 21.6 Å². The van der Waals surface area contributed by atoms with Crippen molar-refractivity contribution in [2.24, 2.45) is 0 Å². The summed E-state index contributed by atoms with van der Waals surface area (Å²) >= 11 is 0. The van der Waals surface area contributed by atoms with Crippen LogP contribution < -0.4 is 10.0 Å². The quantitative estimate of drug-likeness (QED) is 0.521. The van der Waals surface area contributed by atoms with E-state index < -0.39 is 10.0 Å². The number of halogens is 1. The maximum Gasteiger partial charge on any atom is 0.240 e. The van der Waals surface area contributed by atoms with Gasteiger partial charge < -0.3 is 5.32 Å². The van der Waals surface area contributed by atoms with Crippen LogP contribution in [0.1, 0.15) is 19.2 Å². The van der Waals surface area contributed by atoms with E-state index in [1.54, 1.807) is 19.1 Å². The lowest BCUT2D eigenvalue weighted by Crippen LogP contribution is -2.26. The van der Waals surface area contributed by atoms with Crippen molar-refractivity contribution in [3.05, 3.63) is 60.2 Å². The lowest BCUT2D eigenvalue weighted by atomic mass is 10.2. The number of hydrogen-bond donors (Lipinski definition) is 3. The van der Waals surface area contributed by atoms with E-state index >= 15 is 0 Å². The molecule has 0 atom stereocenters. The highest BCUT2D eigenvalue weighted by atomic mass is 32.2. The van der Waals surface area contributed by atoms with Crippen molar-refractivity contribution in [2.75, 3.05) is 11.9 Å². The van der Waals surface area contributed by atoms with E-state index in [4.69, 9.17) is 0 Å². The normalized spacial score (nSPS) is 11.4. The fraction of sp³-hybridized carbons (Fsp3) is 0.211. The second-order valence-corrected chi connectivity index (χ2v) is 7.95. The number of carbonyl (C=O) groups excluding carboxylic acids is 1. The Balaban J connectivity index is 1.57. The monoisotopic (exact) mass is 417 g/mol. The molecule has 152 valence electrons. The lowest BCUT2D eigenvalue weighted by Gasteiger charge is -2.07. The molecule has 0 radical (unpaired) electrons. The Morgan fingerprint density at radius 2 is 1.79 bits per heavy atom. The second kappa shape index (κ2) is 8.93. The average Bonchev–Trinajstić information content (AvgIpc) is 3.17. The SMILES string of the molecule is CCC(=O)Nc1ccc(S(=O)(=O)NCCc2nc(-c3ccc(F)cc3)n[nH]2)cc1. The van der Waals surface area contributed by atoms with Gasteiger partial charge in [-0.2, -0.15) is 5.10 Å². The largest absolute Gasteiger partial charge is 0.326 e. The van der Waals surface area contributed by atoms with Gasteiger partial charge in [-0.25, -0.2) is 22.5 Å². The van der Waals surface area contributed by atoms with Gasteiger partial charge in [0.2, 0.25) is 15.9 Å². The summed E-state index contributed by atoms with van der Waals surface area (Å²) in [5.74, 6) is 0.419. The summed E-state index contributed by atoms with van der Waals surface area (Å²) < 4.78 is 40.3. The smallest absolute Gasteiger partial charge is 0.240 e. The van der Waals surface area contributed by atoms with Crippen LogP contribution in [0.5, 0.6) is 0 Å². The molecule has 3 rings (SSSR count). The number of sulfonamides is 1. The van der Waals surface area contributed by atoms with E-state index in [0.717, 1.165) is 0 Å². The molecule has 29 heavy (non-hydrogen) atoms. The van der Waals surface area contributed by atoms with Crippen LogP contribution >= 0.6 is 0 Å². The third kappa shape index (κ3) is 5.46. The van der Waals surface area contributed by atoms with Gasteiger partial charge in [-0.1, -0.05) is 6.92 Å². The number of H-pyrrole nitrogens is 1. The van der Waals surface area contributed by atoms with E-state index in [2.05, 4.69) is 25.2 Å². The van der Waals surface area contributed by atoms with Crippen molar-refractivity contribution in [2.45, 2.75) is 24.7 Å². The number of anilines is 1. The average molecular weight is 417 g/mol. The Morgan fingerprint density at radius 3 is 2.45 bits per heavy atom. The van der Waals surface area contributed by atoms with Crippen molar-refractivity contribution in [1.29, 1.82) is 0 Å². The molecule has 1 heterocycles. The Morgan fingerprint density at radius 1 is 1.10 bits per heavy atom. The molecule has 0 aliphatic carbocycles. The Bertz CT molecular complexity index is 1080. The zero-order chi connectivity index (χ0) is 20.9. The van der Waals surface area contributed by atoms with Crippen molar-refractivity contribution in [3.63, 3.8) is 0 Å². The van der Waals surface area contributed by atoms with Crippen LogP contribution in [0.15, 0.2) is 53.4 Å². The van der Waals surface area contributed by atoms with Crippen LogP contribution in [0.2, 0.25) is 0 Å². The van der Waals surface area contributed by atoms with Crippen LogP contribution in [0, 0.1) is 5.82 Å². The molecule has 10 heteroatoms. The molecular weight excluding hydrogens is 397 g/mol. The van der Waals surface area contributed by atoms with Gasteiger partial charge in [0.15, 0.2) is 5.82 Å². The topological polar surface area (TPSA) is 117 Å². The second-order valence-electron chi connectivity index (χ2n) is 6.19. The molecular formula is C19H20FN5O3S. The first-order chi connectivity index (χ1) is 13.9. The molecule has 0 saturated carbocycles. The maximum atomic E-state index is 13.0. The van der Waals surface area contributed by atoms with Crippen LogP contribution in [0.3, 0.4) is 0 Å². The van der Waals surface area contributed by atoms with Gasteiger partial charge >= 0.3 is 0 Å². The van der Waals surface area contributed by atoms with Crippen LogP contribution in [0.4, 0.5) is 10.1 Å². The molecule has 0 saturated heterocycles. The van der Waals surface area contributed by atoms with Crippen LogP contribution in [0.25, 0.3) is 11.4 Å². The van der Waals surface area contributed by atoms with E-state index in [1.165, 1.54) is 36.4 Å². The minimum absolute atomic E-state index is 0.0940. The Labute approximate surface area is 167 Å². The molecule has 1 aromatic heterocycles. The van der Waals surface area contributed by atoms with Crippen molar-refractivity contribution in [1.82, 2.24) is 19.9 Å². The minimum Gasteiger partial charge on any atom is -0.326 e. The molecule has 0 aliphatic heterocycles. The van der Waals surface area contributed by atoms with Gasteiger partial charge in [0.1, 0.15) is 11.6 Å². The molecule has 0 bridgehead atoms. The van der Waals surface area contributed by atoms with Gasteiger partial charge in [0, 0.05) is 30.6 Å². The van der Waals surface area contributed by atoms with E-state index in [9.17, 15) is 17.6 Å². The third-order valence-corrected chi connectivity index (χ3v) is 5.53. The summed E-state index contributed by atoms with van der Waals surface area (Å²) in [7, 11) is -3.70. The summed E-state index contributed by atoms with van der Waals surface area (Å²) in [6, 6.07) is 11.7. The van der Waals surface area contributed by atoms with Crippen LogP contribution in [-0.4, -0.2) is 36.1 Å². The number of aromatic amines is 1. The van der Waals surface area contributed by atoms with Gasteiger partial charge in [-0.15, -0.1) is 0 Å². The molecule has 1 amide bonds. The third-order valence-electron chi connectivity index (χ3n) is 4.06. The van der Waals surface area contributed by atoms with E-state index in [0.29, 0.717) is 35.7 Å². The van der Waals surface area contributed by atoms with E-state index in [1.807, 2.05) is 0 Å². The molecule has 0 unspecified atom stereocenters. The zero-order valence-corrected chi connectivity index (χ0v) is 16.5. The molecule has 0 spiro atoms. The maximum absolute atomic E-state index is 13.0. The fourth-order valence-electron chi connectivity index (χ4n) is 2.49. The number of hydrogen-bond acceptors (Lipinski definition) is 5. The number of nitrogens with one attached hydrogen (secondary N) is 3. The zero-order valence-electron chi connectivity index (χ0n) is 15.6. The molecule has 2 aromatic carbocycles. The Hall–Kier alpha value is -3.11. The summed E-state index contributed by atoms with van der Waals surface area (Å²) in [4.78, 5) is 15.8. The first-order valence-electron chi connectivity index (χ1n) is 8.94. The predicted molar refractivity (Wildman–Crippen MR) is 106 cm³/mol. The van der Waals surface area contributed by atoms with Gasteiger partial charge in [0.25, 0.3) is 0 Å². The summed E-state index contributed by atoms with van der Waals surface area (Å²) in [6.07, 6.45) is 0.643. The van der Waals surface area contributed by atoms with E-state index in [-0.39, 0.29) is 23.2 Å². The molecule has 0 aliphatic rings. The van der Waals surface area contributed by atoms with Crippen molar-refractivity contribution < 1.29 is 17.6 Å². The van der Waals surface area contributed by atoms with Gasteiger partial charge in [-0.05, 0) is 48.5 Å². The van der Waals surface area contributed by atoms with Crippen molar-refractivity contribution in [3.8, 4) is 11.4 Å². The van der Waals surface area contributed by atoms with Crippen LogP contribution in [-0.2, 0) is 21.2 Å². The Kier molecular flexibility index (Phi) is 6.35. The molecule has 3 aromatic rings. The first-order valence-corrected chi connectivity index (χ1v) is 10.4. The number of amides is 1. The summed E-state index contributed by atoms with van der Waals surface area (Å²) in [5.41, 5.74) is 1.19. The number of aromatic nitrogens is 3. The molecule has 0 fully saturated rings. The highest BCUT2D eigenvalue weighted by molar-refractivity contribution is 7.89. The highest BCUT2D eigenvalue weighted by Crippen LogP contribution is 2.16. The number of nitrogens with zero attached hydrogens (tertiary/aromatic N) is 2. The summed E-state index contributed by atoms with van der Waals surface area (Å²) in [5, 5.41) is 9.47. The first kappa shape index (κ1) is 20.6. The van der Waals surface area contributed by atoms with Gasteiger partial charge in [0.05, 0.1) is 4.90 Å². The molecule has 3 N–H and O–H groups in total. The number of benzene rings is 2. The highest BCUT2D eigenvalue weighted by Gasteiger charge is 2.14.